The number of phenols is 1. The van der Waals surface area contributed by atoms with Gasteiger partial charge in [-0.15, -0.1) is 0 Å². The molecule has 0 saturated carbocycles. The van der Waals surface area contributed by atoms with Gasteiger partial charge in [0.2, 0.25) is 11.8 Å². The number of likely N-dealkylation sites (N-methyl/N-ethyl adjacent to an activating group) is 1. The molecule has 7 heteroatoms. The van der Waals surface area contributed by atoms with E-state index in [0.29, 0.717) is 5.69 Å². The Hall–Kier alpha value is -2.57. The fraction of sp³-hybridized carbons (Fsp3) is 0.308. The van der Waals surface area contributed by atoms with E-state index in [4.69, 9.17) is 5.11 Å². The number of nitrogens with zero attached hydrogens (tertiary/aromatic N) is 2. The van der Waals surface area contributed by atoms with Gasteiger partial charge in [0.1, 0.15) is 12.3 Å². The van der Waals surface area contributed by atoms with Crippen LogP contribution in [-0.2, 0) is 14.4 Å². The van der Waals surface area contributed by atoms with E-state index in [1.54, 1.807) is 0 Å². The van der Waals surface area contributed by atoms with Gasteiger partial charge in [0.25, 0.3) is 0 Å². The highest BCUT2D eigenvalue weighted by molar-refractivity contribution is 5.99. The minimum atomic E-state index is -1.17. The predicted octanol–water partition coefficient (Wildman–Crippen LogP) is 0.288. The number of carboxylic acid groups (broad SMARTS) is 1. The molecule has 0 fully saturated rings. The zero-order valence-corrected chi connectivity index (χ0v) is 11.2. The maximum Gasteiger partial charge on any atom is 0.323 e. The first-order valence-corrected chi connectivity index (χ1v) is 5.84. The second-order valence-corrected chi connectivity index (χ2v) is 4.27. The van der Waals surface area contributed by atoms with Crippen molar-refractivity contribution in [2.75, 3.05) is 25.0 Å². The second kappa shape index (κ2) is 6.55. The molecule has 0 atom stereocenters. The molecule has 0 heterocycles. The minimum Gasteiger partial charge on any atom is -0.508 e. The molecular formula is C13H16N2O5. The van der Waals surface area contributed by atoms with E-state index in [-0.39, 0.29) is 18.2 Å². The van der Waals surface area contributed by atoms with Gasteiger partial charge in [0.05, 0.1) is 6.54 Å². The van der Waals surface area contributed by atoms with Gasteiger partial charge >= 0.3 is 5.97 Å². The number of hydrogen-bond donors (Lipinski definition) is 2. The van der Waals surface area contributed by atoms with Gasteiger partial charge in [-0.1, -0.05) is 0 Å². The number of amides is 2. The zero-order valence-electron chi connectivity index (χ0n) is 11.2. The number of carbonyl (C=O) groups is 3. The van der Waals surface area contributed by atoms with E-state index in [0.717, 1.165) is 4.90 Å². The molecule has 0 aromatic heterocycles. The summed E-state index contributed by atoms with van der Waals surface area (Å²) >= 11 is 0. The summed E-state index contributed by atoms with van der Waals surface area (Å²) in [5.74, 6) is -1.97. The fourth-order valence-corrected chi connectivity index (χ4v) is 1.49. The first-order valence-electron chi connectivity index (χ1n) is 5.84. The van der Waals surface area contributed by atoms with Crippen LogP contribution in [0.25, 0.3) is 0 Å². The summed E-state index contributed by atoms with van der Waals surface area (Å²) in [4.78, 5) is 36.3. The van der Waals surface area contributed by atoms with E-state index < -0.39 is 18.4 Å². The SMILES string of the molecule is CC(=O)N(C)CC(=O)N(CC(=O)O)c1ccc(O)cc1. The van der Waals surface area contributed by atoms with Crippen LogP contribution in [-0.4, -0.2) is 53.0 Å². The first-order chi connectivity index (χ1) is 9.31. The lowest BCUT2D eigenvalue weighted by Crippen LogP contribution is -2.43. The fourth-order valence-electron chi connectivity index (χ4n) is 1.49. The van der Waals surface area contributed by atoms with Crippen LogP contribution in [0.3, 0.4) is 0 Å². The molecule has 20 heavy (non-hydrogen) atoms. The molecule has 0 aliphatic carbocycles. The number of phenolic OH excluding ortho intramolecular Hbond substituents is 1. The molecule has 2 N–H and O–H groups in total. The summed E-state index contributed by atoms with van der Waals surface area (Å²) in [7, 11) is 1.45. The Morgan fingerprint density at radius 1 is 1.10 bits per heavy atom. The molecular weight excluding hydrogens is 264 g/mol. The number of rotatable bonds is 5. The van der Waals surface area contributed by atoms with E-state index in [1.165, 1.54) is 43.1 Å². The van der Waals surface area contributed by atoms with E-state index >= 15 is 0 Å². The largest absolute Gasteiger partial charge is 0.508 e. The van der Waals surface area contributed by atoms with Crippen molar-refractivity contribution in [2.45, 2.75) is 6.92 Å². The predicted molar refractivity (Wildman–Crippen MR) is 71.4 cm³/mol. The quantitative estimate of drug-likeness (QED) is 0.807. The molecule has 0 saturated heterocycles. The topological polar surface area (TPSA) is 98.2 Å². The average Bonchev–Trinajstić information content (AvgIpc) is 2.36. The Morgan fingerprint density at radius 3 is 2.10 bits per heavy atom. The summed E-state index contributed by atoms with van der Waals surface area (Å²) in [6.07, 6.45) is 0. The van der Waals surface area contributed by atoms with Gasteiger partial charge in [-0.2, -0.15) is 0 Å². The van der Waals surface area contributed by atoms with Crippen LogP contribution >= 0.6 is 0 Å². The van der Waals surface area contributed by atoms with E-state index in [2.05, 4.69) is 0 Å². The van der Waals surface area contributed by atoms with Crippen LogP contribution in [0.4, 0.5) is 5.69 Å². The maximum atomic E-state index is 12.1. The monoisotopic (exact) mass is 280 g/mol. The van der Waals surface area contributed by atoms with Crippen molar-refractivity contribution in [3.63, 3.8) is 0 Å². The van der Waals surface area contributed by atoms with Crippen LogP contribution in [0, 0.1) is 0 Å². The number of aromatic hydroxyl groups is 1. The average molecular weight is 280 g/mol. The molecule has 1 rings (SSSR count). The minimum absolute atomic E-state index is 0.0114. The Morgan fingerprint density at radius 2 is 1.65 bits per heavy atom. The van der Waals surface area contributed by atoms with Gasteiger partial charge < -0.3 is 15.1 Å². The van der Waals surface area contributed by atoms with Gasteiger partial charge in [-0.25, -0.2) is 0 Å². The lowest BCUT2D eigenvalue weighted by atomic mass is 10.2. The summed E-state index contributed by atoms with van der Waals surface area (Å²) in [5.41, 5.74) is 0.340. The third-order valence-electron chi connectivity index (χ3n) is 2.67. The summed E-state index contributed by atoms with van der Waals surface area (Å²) < 4.78 is 0. The van der Waals surface area contributed by atoms with Crippen molar-refractivity contribution in [3.8, 4) is 5.75 Å². The van der Waals surface area contributed by atoms with Gasteiger partial charge in [-0.05, 0) is 24.3 Å². The van der Waals surface area contributed by atoms with E-state index in [9.17, 15) is 19.5 Å². The second-order valence-electron chi connectivity index (χ2n) is 4.27. The lowest BCUT2D eigenvalue weighted by molar-refractivity contribution is -0.137. The van der Waals surface area contributed by atoms with E-state index in [1.807, 2.05) is 0 Å². The van der Waals surface area contributed by atoms with Crippen molar-refractivity contribution >= 4 is 23.5 Å². The summed E-state index contributed by atoms with van der Waals surface area (Å²) in [5, 5.41) is 18.1. The van der Waals surface area contributed by atoms with Crippen molar-refractivity contribution < 1.29 is 24.6 Å². The molecule has 1 aromatic rings. The highest BCUT2D eigenvalue weighted by atomic mass is 16.4. The molecule has 0 unspecified atom stereocenters. The number of carboxylic acids is 1. The third kappa shape index (κ3) is 4.27. The van der Waals surface area contributed by atoms with Crippen molar-refractivity contribution in [1.82, 2.24) is 4.90 Å². The van der Waals surface area contributed by atoms with Gasteiger partial charge in [0.15, 0.2) is 0 Å². The van der Waals surface area contributed by atoms with Crippen LogP contribution in [0.1, 0.15) is 6.92 Å². The number of aliphatic carboxylic acids is 1. The molecule has 0 radical (unpaired) electrons. The first kappa shape index (κ1) is 15.5. The summed E-state index contributed by atoms with van der Waals surface area (Å²) in [6.45, 7) is 0.578. The van der Waals surface area contributed by atoms with Crippen molar-refractivity contribution in [1.29, 1.82) is 0 Å². The summed E-state index contributed by atoms with van der Waals surface area (Å²) in [6, 6.07) is 5.58. The molecule has 2 amide bonds. The number of carbonyl (C=O) groups excluding carboxylic acids is 2. The van der Waals surface area contributed by atoms with Crippen LogP contribution in [0.15, 0.2) is 24.3 Å². The van der Waals surface area contributed by atoms with Crippen LogP contribution in [0.5, 0.6) is 5.75 Å². The number of benzene rings is 1. The number of anilines is 1. The van der Waals surface area contributed by atoms with Gasteiger partial charge in [-0.3, -0.25) is 19.3 Å². The highest BCUT2D eigenvalue weighted by Crippen LogP contribution is 2.18. The Bertz CT molecular complexity index is 512. The standard InChI is InChI=1S/C13H16N2O5/c1-9(16)14(2)7-12(18)15(8-13(19)20)10-3-5-11(17)6-4-10/h3-6,17H,7-8H2,1-2H3,(H,19,20). The van der Waals surface area contributed by atoms with Crippen molar-refractivity contribution in [2.24, 2.45) is 0 Å². The lowest BCUT2D eigenvalue weighted by Gasteiger charge is -2.23. The number of hydrogen-bond acceptors (Lipinski definition) is 4. The smallest absolute Gasteiger partial charge is 0.323 e. The third-order valence-corrected chi connectivity index (χ3v) is 2.67. The Balaban J connectivity index is 2.94. The normalized spacial score (nSPS) is 9.90. The maximum absolute atomic E-state index is 12.1. The molecule has 0 bridgehead atoms. The molecule has 0 aliphatic heterocycles. The Kier molecular flexibility index (Phi) is 5.08. The Labute approximate surface area is 116 Å². The van der Waals surface area contributed by atoms with Crippen molar-refractivity contribution in [3.05, 3.63) is 24.3 Å². The molecule has 0 spiro atoms. The molecule has 7 nitrogen and oxygen atoms in total. The zero-order chi connectivity index (χ0) is 15.3. The van der Waals surface area contributed by atoms with Crippen LogP contribution in [0.2, 0.25) is 0 Å². The van der Waals surface area contributed by atoms with Gasteiger partial charge in [0, 0.05) is 19.7 Å². The molecule has 0 aliphatic rings. The molecule has 108 valence electrons. The highest BCUT2D eigenvalue weighted by Gasteiger charge is 2.20. The molecule has 1 aromatic carbocycles. The van der Waals surface area contributed by atoms with Crippen LogP contribution < -0.4 is 4.90 Å².